The number of hydrogen-bond acceptors (Lipinski definition) is 4. The Balaban J connectivity index is 1.72. The van der Waals surface area contributed by atoms with Crippen molar-refractivity contribution in [3.63, 3.8) is 0 Å². The van der Waals surface area contributed by atoms with Crippen LogP contribution in [0.4, 0.5) is 15.8 Å². The highest BCUT2D eigenvalue weighted by Crippen LogP contribution is 2.26. The van der Waals surface area contributed by atoms with Crippen LogP contribution in [-0.2, 0) is 9.59 Å². The molecule has 0 spiro atoms. The number of nitrogens with one attached hydrogen (secondary N) is 2. The van der Waals surface area contributed by atoms with Gasteiger partial charge in [-0.25, -0.2) is 9.38 Å². The molecular formula is C18H15ClFN3O2S. The topological polar surface area (TPSA) is 70.6 Å². The fourth-order valence-electron chi connectivity index (χ4n) is 2.28. The van der Waals surface area contributed by atoms with Crippen LogP contribution in [0.1, 0.15) is 12.0 Å². The van der Waals surface area contributed by atoms with Crippen LogP contribution in [0.15, 0.2) is 47.5 Å². The standard InChI is InChI=1S/C18H15ClFN3O2S/c1-10-2-4-11(5-3-10)22-18-23-16(24)9-15(26-18)17(25)21-12-6-7-14(20)13(19)8-12/h2-8,15H,9H2,1H3,(H,21,25)(H,22,23,24). The highest BCUT2D eigenvalue weighted by atomic mass is 35.5. The molecular weight excluding hydrogens is 377 g/mol. The third-order valence-corrected chi connectivity index (χ3v) is 4.99. The molecule has 0 radical (unpaired) electrons. The molecule has 0 aliphatic carbocycles. The zero-order valence-corrected chi connectivity index (χ0v) is 15.3. The van der Waals surface area contributed by atoms with Gasteiger partial charge in [0.2, 0.25) is 11.8 Å². The first kappa shape index (κ1) is 18.4. The molecule has 0 bridgehead atoms. The molecule has 1 aliphatic heterocycles. The zero-order chi connectivity index (χ0) is 18.7. The minimum atomic E-state index is -0.642. The van der Waals surface area contributed by atoms with E-state index in [1.165, 1.54) is 30.0 Å². The van der Waals surface area contributed by atoms with Gasteiger partial charge in [0.25, 0.3) is 0 Å². The molecule has 1 saturated heterocycles. The van der Waals surface area contributed by atoms with Crippen LogP contribution in [0, 0.1) is 12.7 Å². The van der Waals surface area contributed by atoms with E-state index in [0.717, 1.165) is 5.56 Å². The van der Waals surface area contributed by atoms with E-state index in [2.05, 4.69) is 15.6 Å². The Hall–Kier alpha value is -2.38. The van der Waals surface area contributed by atoms with Crippen LogP contribution in [0.3, 0.4) is 0 Å². The molecule has 2 amide bonds. The number of amidine groups is 1. The van der Waals surface area contributed by atoms with E-state index in [1.807, 2.05) is 31.2 Å². The summed E-state index contributed by atoms with van der Waals surface area (Å²) in [5, 5.41) is 4.95. The number of anilines is 1. The highest BCUT2D eigenvalue weighted by Gasteiger charge is 2.30. The van der Waals surface area contributed by atoms with E-state index in [0.29, 0.717) is 16.5 Å². The maximum atomic E-state index is 13.2. The summed E-state index contributed by atoms with van der Waals surface area (Å²) in [4.78, 5) is 28.7. The van der Waals surface area contributed by atoms with Gasteiger partial charge in [-0.3, -0.25) is 9.59 Å². The number of aliphatic imine (C=N–C) groups is 1. The van der Waals surface area contributed by atoms with E-state index in [-0.39, 0.29) is 23.3 Å². The number of halogens is 2. The number of aryl methyl sites for hydroxylation is 1. The number of carbonyl (C=O) groups excluding carboxylic acids is 2. The minimum Gasteiger partial charge on any atom is -0.325 e. The molecule has 3 rings (SSSR count). The first-order valence-electron chi connectivity index (χ1n) is 7.78. The van der Waals surface area contributed by atoms with E-state index in [1.54, 1.807) is 0 Å². The second kappa shape index (κ2) is 7.88. The van der Waals surface area contributed by atoms with Crippen LogP contribution in [-0.4, -0.2) is 22.2 Å². The number of rotatable bonds is 3. The van der Waals surface area contributed by atoms with Crippen LogP contribution in [0.5, 0.6) is 0 Å². The molecule has 1 fully saturated rings. The summed E-state index contributed by atoms with van der Waals surface area (Å²) < 4.78 is 13.2. The predicted molar refractivity (Wildman–Crippen MR) is 102 cm³/mol. The SMILES string of the molecule is Cc1ccc(N=C2NC(=O)CC(C(=O)Nc3ccc(F)c(Cl)c3)S2)cc1. The van der Waals surface area contributed by atoms with E-state index in [9.17, 15) is 14.0 Å². The Kier molecular flexibility index (Phi) is 5.58. The van der Waals surface area contributed by atoms with Gasteiger partial charge in [0.15, 0.2) is 5.17 Å². The zero-order valence-electron chi connectivity index (χ0n) is 13.8. The largest absolute Gasteiger partial charge is 0.325 e. The Bertz CT molecular complexity index is 887. The molecule has 1 heterocycles. The number of carbonyl (C=O) groups is 2. The van der Waals surface area contributed by atoms with Crippen molar-refractivity contribution in [3.05, 3.63) is 58.9 Å². The average molecular weight is 392 g/mol. The summed E-state index contributed by atoms with van der Waals surface area (Å²) in [7, 11) is 0. The summed E-state index contributed by atoms with van der Waals surface area (Å²) in [6, 6.07) is 11.4. The number of amides is 2. The van der Waals surface area contributed by atoms with Gasteiger partial charge >= 0.3 is 0 Å². The quantitative estimate of drug-likeness (QED) is 0.829. The molecule has 2 aromatic carbocycles. The molecule has 2 N–H and O–H groups in total. The molecule has 134 valence electrons. The molecule has 8 heteroatoms. The lowest BCUT2D eigenvalue weighted by Gasteiger charge is -2.22. The number of hydrogen-bond donors (Lipinski definition) is 2. The molecule has 0 saturated carbocycles. The van der Waals surface area contributed by atoms with E-state index in [4.69, 9.17) is 11.6 Å². The van der Waals surface area contributed by atoms with Gasteiger partial charge in [0.05, 0.1) is 10.7 Å². The maximum absolute atomic E-state index is 13.2. The van der Waals surface area contributed by atoms with Crippen molar-refractivity contribution in [1.29, 1.82) is 0 Å². The normalized spacial score (nSPS) is 18.5. The lowest BCUT2D eigenvalue weighted by Crippen LogP contribution is -2.41. The van der Waals surface area contributed by atoms with Crippen molar-refractivity contribution in [2.45, 2.75) is 18.6 Å². The van der Waals surface area contributed by atoms with Crippen molar-refractivity contribution in [3.8, 4) is 0 Å². The van der Waals surface area contributed by atoms with Gasteiger partial charge in [0, 0.05) is 12.1 Å². The second-order valence-corrected chi connectivity index (χ2v) is 7.33. The Morgan fingerprint density at radius 3 is 2.73 bits per heavy atom. The Morgan fingerprint density at radius 1 is 1.31 bits per heavy atom. The van der Waals surface area contributed by atoms with Crippen molar-refractivity contribution in [1.82, 2.24) is 5.32 Å². The highest BCUT2D eigenvalue weighted by molar-refractivity contribution is 8.15. The second-order valence-electron chi connectivity index (χ2n) is 5.73. The van der Waals surface area contributed by atoms with Gasteiger partial charge in [-0.2, -0.15) is 0 Å². The molecule has 1 aliphatic rings. The molecule has 1 atom stereocenters. The number of nitrogens with zero attached hydrogens (tertiary/aromatic N) is 1. The Labute approximate surface area is 159 Å². The molecule has 26 heavy (non-hydrogen) atoms. The third-order valence-electron chi connectivity index (χ3n) is 3.62. The smallest absolute Gasteiger partial charge is 0.238 e. The lowest BCUT2D eigenvalue weighted by molar-refractivity contribution is -0.123. The lowest BCUT2D eigenvalue weighted by atomic mass is 10.2. The Morgan fingerprint density at radius 2 is 2.04 bits per heavy atom. The van der Waals surface area contributed by atoms with Crippen molar-refractivity contribution in [2.75, 3.05) is 5.32 Å². The number of benzene rings is 2. The van der Waals surface area contributed by atoms with Gasteiger partial charge in [0.1, 0.15) is 11.1 Å². The fraction of sp³-hybridized carbons (Fsp3) is 0.167. The molecule has 2 aromatic rings. The van der Waals surface area contributed by atoms with Gasteiger partial charge in [-0.05, 0) is 37.3 Å². The third kappa shape index (κ3) is 4.62. The summed E-state index contributed by atoms with van der Waals surface area (Å²) in [5.41, 5.74) is 2.15. The van der Waals surface area contributed by atoms with E-state index >= 15 is 0 Å². The van der Waals surface area contributed by atoms with Crippen LogP contribution in [0.2, 0.25) is 5.02 Å². The average Bonchev–Trinajstić information content (AvgIpc) is 2.60. The molecule has 5 nitrogen and oxygen atoms in total. The van der Waals surface area contributed by atoms with Crippen molar-refractivity contribution >= 4 is 51.7 Å². The first-order chi connectivity index (χ1) is 12.4. The predicted octanol–water partition coefficient (Wildman–Crippen LogP) is 4.04. The fourth-order valence-corrected chi connectivity index (χ4v) is 3.46. The van der Waals surface area contributed by atoms with Crippen molar-refractivity contribution in [2.24, 2.45) is 4.99 Å². The van der Waals surface area contributed by atoms with Crippen LogP contribution < -0.4 is 10.6 Å². The summed E-state index contributed by atoms with van der Waals surface area (Å²) >= 11 is 6.88. The molecule has 1 unspecified atom stereocenters. The van der Waals surface area contributed by atoms with Gasteiger partial charge in [-0.15, -0.1) is 0 Å². The van der Waals surface area contributed by atoms with Crippen LogP contribution in [0.25, 0.3) is 0 Å². The maximum Gasteiger partial charge on any atom is 0.238 e. The summed E-state index contributed by atoms with van der Waals surface area (Å²) in [6.45, 7) is 1.97. The van der Waals surface area contributed by atoms with E-state index < -0.39 is 11.1 Å². The number of thioether (sulfide) groups is 1. The monoisotopic (exact) mass is 391 g/mol. The van der Waals surface area contributed by atoms with Crippen LogP contribution >= 0.6 is 23.4 Å². The first-order valence-corrected chi connectivity index (χ1v) is 9.04. The summed E-state index contributed by atoms with van der Waals surface area (Å²) in [5.74, 6) is -1.22. The minimum absolute atomic E-state index is 0.0261. The van der Waals surface area contributed by atoms with Gasteiger partial charge < -0.3 is 10.6 Å². The summed E-state index contributed by atoms with van der Waals surface area (Å²) in [6.07, 6.45) is 0.0261. The van der Waals surface area contributed by atoms with Crippen molar-refractivity contribution < 1.29 is 14.0 Å². The van der Waals surface area contributed by atoms with Gasteiger partial charge in [-0.1, -0.05) is 41.1 Å². The molecule has 0 aromatic heterocycles.